The van der Waals surface area contributed by atoms with Gasteiger partial charge in [-0.25, -0.2) is 4.98 Å². The molecule has 0 unspecified atom stereocenters. The Morgan fingerprint density at radius 2 is 2.12 bits per heavy atom. The Morgan fingerprint density at radius 1 is 1.38 bits per heavy atom. The van der Waals surface area contributed by atoms with E-state index < -0.39 is 6.04 Å². The fourth-order valence-corrected chi connectivity index (χ4v) is 3.03. The standard InChI is InChI=1S/C17H21ClN4O3S/c1-9(2)15(19)16(24)20-7-14(23)22-17-21-12(8-26-17)10-4-5-13(25-3)11(18)6-10/h4-6,8-9,15H,7,19H2,1-3H3,(H,20,24)(H,21,22,23)/t15-/m0/s1. The summed E-state index contributed by atoms with van der Waals surface area (Å²) in [6, 6.07) is 4.69. The maximum atomic E-state index is 12.0. The highest BCUT2D eigenvalue weighted by molar-refractivity contribution is 7.14. The smallest absolute Gasteiger partial charge is 0.245 e. The lowest BCUT2D eigenvalue weighted by Gasteiger charge is -2.14. The molecule has 26 heavy (non-hydrogen) atoms. The number of amides is 2. The Hall–Kier alpha value is -2.16. The van der Waals surface area contributed by atoms with Gasteiger partial charge >= 0.3 is 0 Å². The van der Waals surface area contributed by atoms with Gasteiger partial charge in [-0.05, 0) is 24.1 Å². The molecule has 1 heterocycles. The summed E-state index contributed by atoms with van der Waals surface area (Å²) in [5, 5.41) is 7.88. The number of hydrogen-bond acceptors (Lipinski definition) is 6. The molecule has 1 atom stereocenters. The molecule has 7 nitrogen and oxygen atoms in total. The third kappa shape index (κ3) is 5.17. The topological polar surface area (TPSA) is 106 Å². The fraction of sp³-hybridized carbons (Fsp3) is 0.353. The summed E-state index contributed by atoms with van der Waals surface area (Å²) < 4.78 is 5.12. The van der Waals surface area contributed by atoms with Gasteiger partial charge in [-0.2, -0.15) is 0 Å². The van der Waals surface area contributed by atoms with E-state index >= 15 is 0 Å². The Kier molecular flexibility index (Phi) is 6.96. The van der Waals surface area contributed by atoms with Crippen LogP contribution >= 0.6 is 22.9 Å². The number of halogens is 1. The van der Waals surface area contributed by atoms with E-state index in [9.17, 15) is 9.59 Å². The lowest BCUT2D eigenvalue weighted by molar-refractivity contribution is -0.125. The molecule has 2 amide bonds. The van der Waals surface area contributed by atoms with Gasteiger partial charge in [-0.15, -0.1) is 11.3 Å². The van der Waals surface area contributed by atoms with Crippen molar-refractivity contribution < 1.29 is 14.3 Å². The van der Waals surface area contributed by atoms with Crippen LogP contribution in [0.4, 0.5) is 5.13 Å². The van der Waals surface area contributed by atoms with Gasteiger partial charge in [0.25, 0.3) is 0 Å². The first kappa shape index (κ1) is 20.2. The minimum absolute atomic E-state index is 0.00379. The van der Waals surface area contributed by atoms with E-state index in [0.717, 1.165) is 5.56 Å². The number of nitrogens with one attached hydrogen (secondary N) is 2. The van der Waals surface area contributed by atoms with Gasteiger partial charge in [0.1, 0.15) is 5.75 Å². The Morgan fingerprint density at radius 3 is 2.73 bits per heavy atom. The summed E-state index contributed by atoms with van der Waals surface area (Å²) in [6.45, 7) is 3.52. The van der Waals surface area contributed by atoms with Crippen LogP contribution in [0, 0.1) is 5.92 Å². The molecule has 4 N–H and O–H groups in total. The number of thiazole rings is 1. The Labute approximate surface area is 160 Å². The van der Waals surface area contributed by atoms with Crippen molar-refractivity contribution in [1.82, 2.24) is 10.3 Å². The third-order valence-electron chi connectivity index (χ3n) is 3.64. The maximum Gasteiger partial charge on any atom is 0.245 e. The molecule has 2 rings (SSSR count). The molecule has 0 saturated carbocycles. The van der Waals surface area contributed by atoms with Crippen LogP contribution in [-0.4, -0.2) is 36.5 Å². The normalized spacial score (nSPS) is 11.9. The van der Waals surface area contributed by atoms with E-state index in [1.807, 2.05) is 19.9 Å². The summed E-state index contributed by atoms with van der Waals surface area (Å²) in [5.41, 5.74) is 7.22. The molecule has 1 aromatic heterocycles. The molecule has 0 radical (unpaired) electrons. The van der Waals surface area contributed by atoms with E-state index in [1.165, 1.54) is 11.3 Å². The van der Waals surface area contributed by atoms with Crippen molar-refractivity contribution in [2.24, 2.45) is 11.7 Å². The number of hydrogen-bond donors (Lipinski definition) is 3. The summed E-state index contributed by atoms with van der Waals surface area (Å²) in [7, 11) is 1.55. The minimum atomic E-state index is -0.644. The summed E-state index contributed by atoms with van der Waals surface area (Å²) >= 11 is 7.40. The predicted molar refractivity (Wildman–Crippen MR) is 104 cm³/mol. The van der Waals surface area contributed by atoms with Crippen LogP contribution in [0.2, 0.25) is 5.02 Å². The number of benzene rings is 1. The Bertz CT molecular complexity index is 794. The molecular weight excluding hydrogens is 376 g/mol. The van der Waals surface area contributed by atoms with Crippen LogP contribution in [0.5, 0.6) is 5.75 Å². The van der Waals surface area contributed by atoms with Gasteiger partial charge in [0.05, 0.1) is 30.4 Å². The number of nitrogens with zero attached hydrogens (tertiary/aromatic N) is 1. The lowest BCUT2D eigenvalue weighted by atomic mass is 10.1. The first-order valence-corrected chi connectivity index (χ1v) is 9.20. The first-order valence-electron chi connectivity index (χ1n) is 7.94. The number of nitrogens with two attached hydrogens (primary N) is 1. The quantitative estimate of drug-likeness (QED) is 0.666. The molecule has 0 aliphatic carbocycles. The third-order valence-corrected chi connectivity index (χ3v) is 4.70. The van der Waals surface area contributed by atoms with Crippen LogP contribution in [0.3, 0.4) is 0 Å². The number of carbonyl (C=O) groups excluding carboxylic acids is 2. The van der Waals surface area contributed by atoms with E-state index in [4.69, 9.17) is 22.1 Å². The molecule has 0 bridgehead atoms. The largest absolute Gasteiger partial charge is 0.495 e. The predicted octanol–water partition coefficient (Wildman–Crippen LogP) is 2.51. The van der Waals surface area contributed by atoms with Crippen molar-refractivity contribution in [3.63, 3.8) is 0 Å². The SMILES string of the molecule is COc1ccc(-c2csc(NC(=O)CNC(=O)[C@@H](N)C(C)C)n2)cc1Cl. The molecule has 140 valence electrons. The highest BCUT2D eigenvalue weighted by atomic mass is 35.5. The van der Waals surface area contributed by atoms with Crippen LogP contribution in [0.25, 0.3) is 11.3 Å². The van der Waals surface area contributed by atoms with Gasteiger partial charge in [-0.3, -0.25) is 9.59 Å². The monoisotopic (exact) mass is 396 g/mol. The number of ether oxygens (including phenoxy) is 1. The first-order chi connectivity index (χ1) is 12.3. The molecule has 0 saturated heterocycles. The average molecular weight is 397 g/mol. The second kappa shape index (κ2) is 8.98. The fourth-order valence-electron chi connectivity index (χ4n) is 2.04. The molecule has 0 fully saturated rings. The average Bonchev–Trinajstić information content (AvgIpc) is 3.07. The minimum Gasteiger partial charge on any atom is -0.495 e. The van der Waals surface area contributed by atoms with Crippen molar-refractivity contribution in [2.75, 3.05) is 19.0 Å². The van der Waals surface area contributed by atoms with Crippen LogP contribution in [-0.2, 0) is 9.59 Å². The summed E-state index contributed by atoms with van der Waals surface area (Å²) in [6.07, 6.45) is 0. The van der Waals surface area contributed by atoms with Crippen LogP contribution < -0.4 is 21.1 Å². The van der Waals surface area contributed by atoms with Gasteiger partial charge in [0.2, 0.25) is 11.8 Å². The van der Waals surface area contributed by atoms with Crippen molar-refractivity contribution in [1.29, 1.82) is 0 Å². The van der Waals surface area contributed by atoms with Crippen molar-refractivity contribution in [2.45, 2.75) is 19.9 Å². The van der Waals surface area contributed by atoms with E-state index in [-0.39, 0.29) is 24.3 Å². The molecular formula is C17H21ClN4O3S. The number of anilines is 1. The Balaban J connectivity index is 1.94. The number of aromatic nitrogens is 1. The molecule has 0 spiro atoms. The second-order valence-corrected chi connectivity index (χ2v) is 7.19. The lowest BCUT2D eigenvalue weighted by Crippen LogP contribution is -2.46. The highest BCUT2D eigenvalue weighted by Crippen LogP contribution is 2.31. The van der Waals surface area contributed by atoms with E-state index in [1.54, 1.807) is 24.6 Å². The second-order valence-electron chi connectivity index (χ2n) is 5.92. The highest BCUT2D eigenvalue weighted by Gasteiger charge is 2.18. The van der Waals surface area contributed by atoms with E-state index in [2.05, 4.69) is 15.6 Å². The zero-order chi connectivity index (χ0) is 19.3. The summed E-state index contributed by atoms with van der Waals surface area (Å²) in [4.78, 5) is 28.1. The zero-order valence-electron chi connectivity index (χ0n) is 14.7. The number of carbonyl (C=O) groups is 2. The van der Waals surface area contributed by atoms with Gasteiger partial charge in [0.15, 0.2) is 5.13 Å². The van der Waals surface area contributed by atoms with Crippen molar-refractivity contribution >= 4 is 39.9 Å². The molecule has 2 aromatic rings. The molecule has 0 aliphatic rings. The van der Waals surface area contributed by atoms with E-state index in [0.29, 0.717) is 21.6 Å². The van der Waals surface area contributed by atoms with Crippen LogP contribution in [0.1, 0.15) is 13.8 Å². The molecule has 9 heteroatoms. The number of methoxy groups -OCH3 is 1. The van der Waals surface area contributed by atoms with Crippen molar-refractivity contribution in [3.05, 3.63) is 28.6 Å². The molecule has 1 aromatic carbocycles. The molecule has 0 aliphatic heterocycles. The van der Waals surface area contributed by atoms with Gasteiger partial charge < -0.3 is 21.1 Å². The maximum absolute atomic E-state index is 12.0. The number of rotatable bonds is 7. The summed E-state index contributed by atoms with van der Waals surface area (Å²) in [5.74, 6) is -0.156. The zero-order valence-corrected chi connectivity index (χ0v) is 16.3. The van der Waals surface area contributed by atoms with Gasteiger partial charge in [0, 0.05) is 10.9 Å². The van der Waals surface area contributed by atoms with Gasteiger partial charge in [-0.1, -0.05) is 25.4 Å². The van der Waals surface area contributed by atoms with Crippen LogP contribution in [0.15, 0.2) is 23.6 Å². The van der Waals surface area contributed by atoms with Crippen molar-refractivity contribution in [3.8, 4) is 17.0 Å².